The lowest BCUT2D eigenvalue weighted by Gasteiger charge is -2.12. The molecule has 0 fully saturated rings. The van der Waals surface area contributed by atoms with Crippen molar-refractivity contribution in [1.29, 1.82) is 5.26 Å². The summed E-state index contributed by atoms with van der Waals surface area (Å²) in [4.78, 5) is 4.71. The van der Waals surface area contributed by atoms with Gasteiger partial charge in [0.25, 0.3) is 0 Å². The first-order chi connectivity index (χ1) is 17.2. The first kappa shape index (κ1) is 23.0. The summed E-state index contributed by atoms with van der Waals surface area (Å²) in [5, 5.41) is 19.6. The summed E-state index contributed by atoms with van der Waals surface area (Å²) in [5.74, 6) is -0.346. The highest BCUT2D eigenvalue weighted by molar-refractivity contribution is 5.98. The van der Waals surface area contributed by atoms with E-state index in [0.717, 1.165) is 35.0 Å². The summed E-state index contributed by atoms with van der Waals surface area (Å²) in [6.45, 7) is 2.24. The van der Waals surface area contributed by atoms with Gasteiger partial charge in [-0.15, -0.1) is 5.10 Å². The van der Waals surface area contributed by atoms with E-state index in [4.69, 9.17) is 4.98 Å². The topological polar surface area (TPSA) is 71.8 Å². The molecular weight excluding hydrogens is 439 g/mol. The number of para-hydroxylation sites is 2. The third-order valence-corrected chi connectivity index (χ3v) is 6.65. The molecule has 0 saturated carbocycles. The van der Waals surface area contributed by atoms with Crippen LogP contribution in [0.3, 0.4) is 0 Å². The number of nitriles is 1. The Kier molecular flexibility index (Phi) is 6.71. The fourth-order valence-corrected chi connectivity index (χ4v) is 4.87. The van der Waals surface area contributed by atoms with Crippen LogP contribution in [-0.4, -0.2) is 24.4 Å². The molecule has 0 spiro atoms. The van der Waals surface area contributed by atoms with Gasteiger partial charge < -0.3 is 0 Å². The Morgan fingerprint density at radius 3 is 2.51 bits per heavy atom. The lowest BCUT2D eigenvalue weighted by Crippen LogP contribution is -2.04. The highest BCUT2D eigenvalue weighted by Crippen LogP contribution is 2.32. The zero-order chi connectivity index (χ0) is 24.2. The van der Waals surface area contributed by atoms with Gasteiger partial charge in [0.05, 0.1) is 34.1 Å². The Morgan fingerprint density at radius 2 is 1.71 bits per heavy atom. The predicted molar refractivity (Wildman–Crippen MR) is 136 cm³/mol. The maximum Gasteiger partial charge on any atom is 0.158 e. The van der Waals surface area contributed by atoms with Gasteiger partial charge in [0.1, 0.15) is 17.4 Å². The average Bonchev–Trinajstić information content (AvgIpc) is 3.49. The molecule has 0 aliphatic rings. The summed E-state index contributed by atoms with van der Waals surface area (Å²) in [6.07, 6.45) is 12.8. The standard InChI is InChI=1S/C28H29FN6/c1-2-3-4-5-6-7-8-9-12-21-19-34(33-32-21)27-22-16-15-20(29)17-26(22)35-25-14-11-10-13-24(25)31-28(35)23(27)18-30/h10-11,13-17,19H,2-9,12H2,1H3. The second kappa shape index (κ2) is 10.2. The van der Waals surface area contributed by atoms with Crippen molar-refractivity contribution < 1.29 is 4.39 Å². The fourth-order valence-electron chi connectivity index (χ4n) is 4.87. The number of pyridine rings is 1. The zero-order valence-corrected chi connectivity index (χ0v) is 20.0. The van der Waals surface area contributed by atoms with Crippen molar-refractivity contribution in [3.63, 3.8) is 0 Å². The molecule has 0 bridgehead atoms. The minimum atomic E-state index is -0.346. The van der Waals surface area contributed by atoms with Crippen LogP contribution in [0, 0.1) is 17.1 Å². The summed E-state index contributed by atoms with van der Waals surface area (Å²) in [6, 6.07) is 14.6. The van der Waals surface area contributed by atoms with Crippen molar-refractivity contribution >= 4 is 27.6 Å². The van der Waals surface area contributed by atoms with Crippen molar-refractivity contribution in [2.24, 2.45) is 0 Å². The van der Waals surface area contributed by atoms with Crippen LogP contribution in [0.15, 0.2) is 48.7 Å². The molecule has 5 aromatic rings. The van der Waals surface area contributed by atoms with E-state index >= 15 is 0 Å². The summed E-state index contributed by atoms with van der Waals surface area (Å²) < 4.78 is 17.9. The molecule has 0 radical (unpaired) electrons. The fraction of sp³-hybridized carbons (Fsp3) is 0.357. The molecule has 0 aliphatic heterocycles. The Hall–Kier alpha value is -3.79. The monoisotopic (exact) mass is 468 g/mol. The molecule has 0 N–H and O–H groups in total. The highest BCUT2D eigenvalue weighted by atomic mass is 19.1. The predicted octanol–water partition coefficient (Wildman–Crippen LogP) is 6.92. The van der Waals surface area contributed by atoms with Crippen LogP contribution in [0.25, 0.3) is 33.3 Å². The molecule has 7 heteroatoms. The third-order valence-electron chi connectivity index (χ3n) is 6.65. The van der Waals surface area contributed by atoms with Crippen molar-refractivity contribution in [2.75, 3.05) is 0 Å². The lowest BCUT2D eigenvalue weighted by atomic mass is 10.1. The van der Waals surface area contributed by atoms with Crippen molar-refractivity contribution in [3.05, 3.63) is 65.7 Å². The largest absolute Gasteiger partial charge is 0.291 e. The van der Waals surface area contributed by atoms with Crippen LogP contribution < -0.4 is 0 Å². The summed E-state index contributed by atoms with van der Waals surface area (Å²) in [5.41, 5.74) is 4.58. The molecule has 0 saturated heterocycles. The van der Waals surface area contributed by atoms with E-state index in [1.807, 2.05) is 34.9 Å². The molecule has 178 valence electrons. The summed E-state index contributed by atoms with van der Waals surface area (Å²) >= 11 is 0. The van der Waals surface area contributed by atoms with Crippen molar-refractivity contribution in [1.82, 2.24) is 24.4 Å². The normalized spacial score (nSPS) is 11.6. The molecule has 3 heterocycles. The Balaban J connectivity index is 1.48. The molecule has 5 rings (SSSR count). The van der Waals surface area contributed by atoms with Gasteiger partial charge >= 0.3 is 0 Å². The van der Waals surface area contributed by atoms with Crippen LogP contribution in [0.5, 0.6) is 0 Å². The molecule has 2 aromatic carbocycles. The maximum absolute atomic E-state index is 14.3. The van der Waals surface area contributed by atoms with Crippen LogP contribution in [-0.2, 0) is 6.42 Å². The van der Waals surface area contributed by atoms with Gasteiger partial charge in [-0.25, -0.2) is 14.1 Å². The van der Waals surface area contributed by atoms with Gasteiger partial charge in [0.2, 0.25) is 0 Å². The zero-order valence-electron chi connectivity index (χ0n) is 20.0. The molecule has 0 atom stereocenters. The van der Waals surface area contributed by atoms with Crippen molar-refractivity contribution in [3.8, 4) is 11.8 Å². The van der Waals surface area contributed by atoms with E-state index in [2.05, 4.69) is 23.3 Å². The SMILES string of the molecule is CCCCCCCCCCc1cn(-c2c(C#N)c3nc4ccccc4n3c3cc(F)ccc23)nn1. The first-order valence-electron chi connectivity index (χ1n) is 12.6. The van der Waals surface area contributed by atoms with Crippen LogP contribution >= 0.6 is 0 Å². The van der Waals surface area contributed by atoms with Crippen LogP contribution in [0.2, 0.25) is 0 Å². The van der Waals surface area contributed by atoms with Crippen LogP contribution in [0.4, 0.5) is 4.39 Å². The minimum absolute atomic E-state index is 0.346. The van der Waals surface area contributed by atoms with Gasteiger partial charge in [-0.2, -0.15) is 5.26 Å². The number of nitrogens with zero attached hydrogens (tertiary/aromatic N) is 6. The number of benzene rings is 2. The number of aromatic nitrogens is 5. The van der Waals surface area contributed by atoms with Crippen LogP contribution in [0.1, 0.15) is 69.5 Å². The van der Waals surface area contributed by atoms with Gasteiger partial charge in [-0.3, -0.25) is 4.40 Å². The average molecular weight is 469 g/mol. The minimum Gasteiger partial charge on any atom is -0.291 e. The van der Waals surface area contributed by atoms with E-state index in [-0.39, 0.29) is 5.82 Å². The Morgan fingerprint density at radius 1 is 0.943 bits per heavy atom. The number of imidazole rings is 1. The van der Waals surface area contributed by atoms with Gasteiger partial charge in [-0.05, 0) is 43.2 Å². The van der Waals surface area contributed by atoms with Gasteiger partial charge in [-0.1, -0.05) is 69.2 Å². The molecule has 0 amide bonds. The Bertz CT molecular complexity index is 1520. The first-order valence-corrected chi connectivity index (χ1v) is 12.6. The number of fused-ring (bicyclic) bond motifs is 5. The van der Waals surface area contributed by atoms with E-state index in [0.29, 0.717) is 22.4 Å². The second-order valence-corrected chi connectivity index (χ2v) is 9.14. The number of hydrogen-bond donors (Lipinski definition) is 0. The number of unbranched alkanes of at least 4 members (excludes halogenated alkanes) is 7. The Labute approximate surface area is 204 Å². The quantitative estimate of drug-likeness (QED) is 0.209. The van der Waals surface area contributed by atoms with E-state index in [9.17, 15) is 9.65 Å². The number of hydrogen-bond acceptors (Lipinski definition) is 4. The highest BCUT2D eigenvalue weighted by Gasteiger charge is 2.21. The van der Waals surface area contributed by atoms with E-state index < -0.39 is 0 Å². The van der Waals surface area contributed by atoms with Gasteiger partial charge in [0.15, 0.2) is 5.65 Å². The smallest absolute Gasteiger partial charge is 0.158 e. The third kappa shape index (κ3) is 4.49. The molecule has 0 unspecified atom stereocenters. The molecular formula is C28H29FN6. The van der Waals surface area contributed by atoms with E-state index in [1.54, 1.807) is 10.7 Å². The molecule has 35 heavy (non-hydrogen) atoms. The van der Waals surface area contributed by atoms with Crippen molar-refractivity contribution in [2.45, 2.75) is 64.7 Å². The van der Waals surface area contributed by atoms with Gasteiger partial charge in [0, 0.05) is 5.39 Å². The number of rotatable bonds is 10. The lowest BCUT2D eigenvalue weighted by molar-refractivity contribution is 0.574. The molecule has 3 aromatic heterocycles. The molecule has 6 nitrogen and oxygen atoms in total. The maximum atomic E-state index is 14.3. The second-order valence-electron chi connectivity index (χ2n) is 9.14. The van der Waals surface area contributed by atoms with E-state index in [1.165, 1.54) is 57.1 Å². The summed E-state index contributed by atoms with van der Waals surface area (Å²) in [7, 11) is 0. The number of halogens is 1. The molecule has 0 aliphatic carbocycles. The number of aryl methyl sites for hydroxylation is 1.